The zero-order valence-corrected chi connectivity index (χ0v) is 14.7. The van der Waals surface area contributed by atoms with Gasteiger partial charge in [-0.05, 0) is 34.0 Å². The first-order valence-corrected chi connectivity index (χ1v) is 8.98. The van der Waals surface area contributed by atoms with Gasteiger partial charge in [0.1, 0.15) is 4.88 Å². The number of nitrogens with zero attached hydrogens (tertiary/aromatic N) is 4. The van der Waals surface area contributed by atoms with Crippen molar-refractivity contribution in [2.45, 2.75) is 5.16 Å². The molecule has 1 aromatic carbocycles. The van der Waals surface area contributed by atoms with Gasteiger partial charge in [0.15, 0.2) is 0 Å². The minimum absolute atomic E-state index is 0.101. The van der Waals surface area contributed by atoms with Crippen LogP contribution in [0.25, 0.3) is 5.69 Å². The molecular formula is C15H13N5O3S2. The van der Waals surface area contributed by atoms with E-state index in [1.807, 2.05) is 30.3 Å². The molecule has 8 nitrogen and oxygen atoms in total. The molecule has 1 amide bonds. The second kappa shape index (κ2) is 7.90. The lowest BCUT2D eigenvalue weighted by molar-refractivity contribution is -0.113. The smallest absolute Gasteiger partial charge is 0.350 e. The molecule has 0 atom stereocenters. The van der Waals surface area contributed by atoms with Crippen molar-refractivity contribution in [2.75, 3.05) is 18.2 Å². The average molecular weight is 375 g/mol. The number of ether oxygens (including phenoxy) is 1. The number of anilines is 1. The highest BCUT2D eigenvalue weighted by Gasteiger charge is 2.17. The van der Waals surface area contributed by atoms with Crippen LogP contribution in [0.4, 0.5) is 5.69 Å². The molecule has 0 aliphatic heterocycles. The predicted octanol–water partition coefficient (Wildman–Crippen LogP) is 2.24. The summed E-state index contributed by atoms with van der Waals surface area (Å²) >= 11 is 2.41. The molecular weight excluding hydrogens is 362 g/mol. The van der Waals surface area contributed by atoms with Crippen LogP contribution < -0.4 is 5.32 Å². The molecule has 0 fully saturated rings. The van der Waals surface area contributed by atoms with Crippen LogP contribution in [0.3, 0.4) is 0 Å². The van der Waals surface area contributed by atoms with Gasteiger partial charge < -0.3 is 10.1 Å². The van der Waals surface area contributed by atoms with E-state index in [9.17, 15) is 9.59 Å². The van der Waals surface area contributed by atoms with Gasteiger partial charge in [0.2, 0.25) is 11.1 Å². The van der Waals surface area contributed by atoms with Crippen molar-refractivity contribution in [3.05, 3.63) is 46.7 Å². The maximum absolute atomic E-state index is 12.2. The van der Waals surface area contributed by atoms with Gasteiger partial charge in [-0.15, -0.1) is 16.4 Å². The molecule has 3 aromatic rings. The number of tetrazole rings is 1. The van der Waals surface area contributed by atoms with Crippen molar-refractivity contribution in [3.8, 4) is 5.69 Å². The van der Waals surface area contributed by atoms with Gasteiger partial charge in [0, 0.05) is 0 Å². The first kappa shape index (κ1) is 17.1. The lowest BCUT2D eigenvalue weighted by Crippen LogP contribution is -2.16. The number of methoxy groups -OCH3 is 1. The number of hydrogen-bond acceptors (Lipinski definition) is 8. The number of hydrogen-bond donors (Lipinski definition) is 1. The van der Waals surface area contributed by atoms with Crippen molar-refractivity contribution in [1.82, 2.24) is 20.2 Å². The van der Waals surface area contributed by atoms with E-state index in [1.165, 1.54) is 30.2 Å². The Labute approximate surface area is 151 Å². The molecule has 0 bridgehead atoms. The van der Waals surface area contributed by atoms with Crippen LogP contribution in [0.2, 0.25) is 0 Å². The van der Waals surface area contributed by atoms with Crippen LogP contribution in [0.1, 0.15) is 9.67 Å². The minimum atomic E-state index is -0.481. The number of carbonyl (C=O) groups is 2. The van der Waals surface area contributed by atoms with E-state index in [1.54, 1.807) is 16.1 Å². The second-order valence-electron chi connectivity index (χ2n) is 4.70. The maximum Gasteiger partial charge on any atom is 0.350 e. The molecule has 3 rings (SSSR count). The molecule has 0 saturated heterocycles. The SMILES string of the molecule is COC(=O)c1sccc1NC(=O)CSc1nnnn1-c1ccccc1. The summed E-state index contributed by atoms with van der Waals surface area (Å²) < 4.78 is 6.24. The van der Waals surface area contributed by atoms with Crippen LogP contribution in [-0.4, -0.2) is 44.9 Å². The molecule has 0 spiro atoms. The van der Waals surface area contributed by atoms with Crippen LogP contribution in [-0.2, 0) is 9.53 Å². The van der Waals surface area contributed by atoms with E-state index >= 15 is 0 Å². The summed E-state index contributed by atoms with van der Waals surface area (Å²) in [6, 6.07) is 11.1. The minimum Gasteiger partial charge on any atom is -0.465 e. The van der Waals surface area contributed by atoms with Gasteiger partial charge in [-0.3, -0.25) is 4.79 Å². The molecule has 1 N–H and O–H groups in total. The summed E-state index contributed by atoms with van der Waals surface area (Å²) in [4.78, 5) is 24.1. The van der Waals surface area contributed by atoms with Crippen LogP contribution in [0.15, 0.2) is 46.9 Å². The third-order valence-electron chi connectivity index (χ3n) is 3.08. The largest absolute Gasteiger partial charge is 0.465 e. The van der Waals surface area contributed by atoms with E-state index in [2.05, 4.69) is 25.6 Å². The third-order valence-corrected chi connectivity index (χ3v) is 4.90. The maximum atomic E-state index is 12.2. The topological polar surface area (TPSA) is 99.0 Å². The predicted molar refractivity (Wildman–Crippen MR) is 94.2 cm³/mol. The number of para-hydroxylation sites is 1. The first-order chi connectivity index (χ1) is 12.2. The number of thioether (sulfide) groups is 1. The first-order valence-electron chi connectivity index (χ1n) is 7.11. The average Bonchev–Trinajstić information content (AvgIpc) is 3.29. The Bertz CT molecular complexity index is 878. The number of nitrogens with one attached hydrogen (secondary N) is 1. The summed E-state index contributed by atoms with van der Waals surface area (Å²) in [5.74, 6) is -0.647. The van der Waals surface area contributed by atoms with Gasteiger partial charge in [0.25, 0.3) is 0 Å². The van der Waals surface area contributed by atoms with E-state index in [0.29, 0.717) is 15.7 Å². The van der Waals surface area contributed by atoms with E-state index in [-0.39, 0.29) is 11.7 Å². The number of esters is 1. The standard InChI is InChI=1S/C15H13N5O3S2/c1-23-14(22)13-11(7-8-24-13)16-12(21)9-25-15-17-18-19-20(15)10-5-3-2-4-6-10/h2-8H,9H2,1H3,(H,16,21). The molecule has 2 aromatic heterocycles. The highest BCUT2D eigenvalue weighted by atomic mass is 32.2. The molecule has 0 aliphatic rings. The lowest BCUT2D eigenvalue weighted by Gasteiger charge is -2.06. The Morgan fingerprint density at radius 1 is 1.28 bits per heavy atom. The molecule has 0 aliphatic carbocycles. The Morgan fingerprint density at radius 2 is 2.08 bits per heavy atom. The summed E-state index contributed by atoms with van der Waals surface area (Å²) in [5, 5.41) is 16.4. The van der Waals surface area contributed by atoms with Gasteiger partial charge in [-0.2, -0.15) is 4.68 Å². The molecule has 0 radical (unpaired) electrons. The fraction of sp³-hybridized carbons (Fsp3) is 0.133. The van der Waals surface area contributed by atoms with Crippen LogP contribution in [0.5, 0.6) is 0 Å². The Kier molecular flexibility index (Phi) is 5.41. The number of carbonyl (C=O) groups excluding carboxylic acids is 2. The molecule has 128 valence electrons. The van der Waals surface area contributed by atoms with Crippen LogP contribution >= 0.6 is 23.1 Å². The quantitative estimate of drug-likeness (QED) is 0.521. The third kappa shape index (κ3) is 4.03. The normalized spacial score (nSPS) is 10.4. The van der Waals surface area contributed by atoms with E-state index in [0.717, 1.165) is 5.69 Å². The summed E-state index contributed by atoms with van der Waals surface area (Å²) in [6.45, 7) is 0. The molecule has 2 heterocycles. The number of thiophene rings is 1. The molecule has 25 heavy (non-hydrogen) atoms. The summed E-state index contributed by atoms with van der Waals surface area (Å²) in [6.07, 6.45) is 0. The Balaban J connectivity index is 1.64. The fourth-order valence-electron chi connectivity index (χ4n) is 1.98. The summed E-state index contributed by atoms with van der Waals surface area (Å²) in [7, 11) is 1.30. The van der Waals surface area contributed by atoms with Gasteiger partial charge >= 0.3 is 5.97 Å². The molecule has 0 saturated carbocycles. The van der Waals surface area contributed by atoms with Gasteiger partial charge in [0.05, 0.1) is 24.2 Å². The number of benzene rings is 1. The molecule has 0 unspecified atom stereocenters. The van der Waals surface area contributed by atoms with Crippen LogP contribution in [0, 0.1) is 0 Å². The second-order valence-corrected chi connectivity index (χ2v) is 6.56. The lowest BCUT2D eigenvalue weighted by atomic mass is 10.3. The van der Waals surface area contributed by atoms with Crippen molar-refractivity contribution in [2.24, 2.45) is 0 Å². The monoisotopic (exact) mass is 375 g/mol. The van der Waals surface area contributed by atoms with E-state index < -0.39 is 5.97 Å². The number of rotatable bonds is 6. The zero-order valence-electron chi connectivity index (χ0n) is 13.1. The van der Waals surface area contributed by atoms with Crippen molar-refractivity contribution in [1.29, 1.82) is 0 Å². The summed E-state index contributed by atoms with van der Waals surface area (Å²) in [5.41, 5.74) is 1.24. The van der Waals surface area contributed by atoms with E-state index in [4.69, 9.17) is 0 Å². The van der Waals surface area contributed by atoms with Gasteiger partial charge in [-0.1, -0.05) is 30.0 Å². The number of amides is 1. The Hall–Kier alpha value is -2.72. The highest BCUT2D eigenvalue weighted by Crippen LogP contribution is 2.24. The fourth-order valence-corrected chi connectivity index (χ4v) is 3.43. The van der Waals surface area contributed by atoms with Gasteiger partial charge in [-0.25, -0.2) is 4.79 Å². The highest BCUT2D eigenvalue weighted by molar-refractivity contribution is 7.99. The zero-order chi connectivity index (χ0) is 17.6. The van der Waals surface area contributed by atoms with Crippen molar-refractivity contribution in [3.63, 3.8) is 0 Å². The number of aromatic nitrogens is 4. The molecule has 10 heteroatoms. The van der Waals surface area contributed by atoms with Crippen molar-refractivity contribution < 1.29 is 14.3 Å². The van der Waals surface area contributed by atoms with Crippen molar-refractivity contribution >= 4 is 40.7 Å². The Morgan fingerprint density at radius 3 is 2.84 bits per heavy atom.